The first-order chi connectivity index (χ1) is 11.6. The Morgan fingerprint density at radius 3 is 2.48 bits per heavy atom. The summed E-state index contributed by atoms with van der Waals surface area (Å²) in [5, 5.41) is 0. The second kappa shape index (κ2) is 7.33. The molecule has 0 spiro atoms. The standard InChI is InChI=1S/C19H28N2O4/c1-18(2,3)25-16(22)20(5)19(4)11-12-21(14-19)17(23)24-13-15-9-7-6-8-10-15/h6-10H,11-14H2,1-5H3. The number of amides is 2. The minimum absolute atomic E-state index is 0.245. The summed E-state index contributed by atoms with van der Waals surface area (Å²) in [5.74, 6) is 0. The molecule has 0 N–H and O–H groups in total. The predicted molar refractivity (Wildman–Crippen MR) is 95.2 cm³/mol. The van der Waals surface area contributed by atoms with Gasteiger partial charge in [0.1, 0.15) is 12.2 Å². The molecule has 1 atom stereocenters. The van der Waals surface area contributed by atoms with Gasteiger partial charge in [-0.3, -0.25) is 0 Å². The predicted octanol–water partition coefficient (Wildman–Crippen LogP) is 3.65. The smallest absolute Gasteiger partial charge is 0.410 e. The number of rotatable bonds is 3. The van der Waals surface area contributed by atoms with Gasteiger partial charge in [-0.1, -0.05) is 30.3 Å². The van der Waals surface area contributed by atoms with Crippen molar-refractivity contribution in [1.82, 2.24) is 9.80 Å². The third-order valence-corrected chi connectivity index (χ3v) is 4.39. The summed E-state index contributed by atoms with van der Waals surface area (Å²) in [4.78, 5) is 27.8. The highest BCUT2D eigenvalue weighted by Crippen LogP contribution is 2.28. The van der Waals surface area contributed by atoms with Gasteiger partial charge in [-0.05, 0) is 39.7 Å². The van der Waals surface area contributed by atoms with Crippen LogP contribution >= 0.6 is 0 Å². The van der Waals surface area contributed by atoms with Crippen molar-refractivity contribution in [1.29, 1.82) is 0 Å². The quantitative estimate of drug-likeness (QED) is 0.836. The zero-order valence-electron chi connectivity index (χ0n) is 15.7. The Hall–Kier alpha value is -2.24. The van der Waals surface area contributed by atoms with Crippen molar-refractivity contribution in [2.45, 2.75) is 51.9 Å². The summed E-state index contributed by atoms with van der Waals surface area (Å²) in [6.45, 7) is 8.69. The van der Waals surface area contributed by atoms with Crippen molar-refractivity contribution in [3.8, 4) is 0 Å². The monoisotopic (exact) mass is 348 g/mol. The molecule has 1 aromatic rings. The van der Waals surface area contributed by atoms with Crippen LogP contribution in [0.25, 0.3) is 0 Å². The Labute approximate surface area is 149 Å². The molecule has 0 aromatic heterocycles. The molecule has 1 unspecified atom stereocenters. The van der Waals surface area contributed by atoms with E-state index in [-0.39, 0.29) is 18.8 Å². The molecule has 0 bridgehead atoms. The minimum Gasteiger partial charge on any atom is -0.445 e. The molecule has 0 saturated carbocycles. The average molecular weight is 348 g/mol. The van der Waals surface area contributed by atoms with E-state index >= 15 is 0 Å². The van der Waals surface area contributed by atoms with Crippen LogP contribution in [0.1, 0.15) is 39.7 Å². The van der Waals surface area contributed by atoms with E-state index in [0.717, 1.165) is 5.56 Å². The van der Waals surface area contributed by atoms with Gasteiger partial charge in [-0.15, -0.1) is 0 Å². The molecule has 0 aliphatic carbocycles. The number of carbonyl (C=O) groups is 2. The van der Waals surface area contributed by atoms with E-state index in [1.165, 1.54) is 0 Å². The number of carbonyl (C=O) groups excluding carboxylic acids is 2. The van der Waals surface area contributed by atoms with Gasteiger partial charge in [0.05, 0.1) is 5.54 Å². The zero-order chi connectivity index (χ0) is 18.7. The van der Waals surface area contributed by atoms with Crippen molar-refractivity contribution < 1.29 is 19.1 Å². The average Bonchev–Trinajstić information content (AvgIpc) is 2.95. The third kappa shape index (κ3) is 5.11. The van der Waals surface area contributed by atoms with Gasteiger partial charge >= 0.3 is 12.2 Å². The summed E-state index contributed by atoms with van der Waals surface area (Å²) in [7, 11) is 1.72. The van der Waals surface area contributed by atoms with Gasteiger partial charge in [0.15, 0.2) is 0 Å². The van der Waals surface area contributed by atoms with Gasteiger partial charge in [0.25, 0.3) is 0 Å². The third-order valence-electron chi connectivity index (χ3n) is 4.39. The van der Waals surface area contributed by atoms with Crippen LogP contribution in [0.3, 0.4) is 0 Å². The second-order valence-corrected chi connectivity index (χ2v) is 7.75. The van der Waals surface area contributed by atoms with E-state index < -0.39 is 11.1 Å². The normalized spacial score (nSPS) is 20.3. The first-order valence-corrected chi connectivity index (χ1v) is 8.53. The molecule has 25 heavy (non-hydrogen) atoms. The summed E-state index contributed by atoms with van der Waals surface area (Å²) in [6.07, 6.45) is -0.0527. The lowest BCUT2D eigenvalue weighted by Crippen LogP contribution is -2.51. The van der Waals surface area contributed by atoms with Crippen molar-refractivity contribution in [3.05, 3.63) is 35.9 Å². The highest BCUT2D eigenvalue weighted by Gasteiger charge is 2.43. The van der Waals surface area contributed by atoms with Crippen LogP contribution in [0, 0.1) is 0 Å². The number of likely N-dealkylation sites (N-methyl/N-ethyl adjacent to an activating group) is 1. The Balaban J connectivity index is 1.90. The van der Waals surface area contributed by atoms with Crippen molar-refractivity contribution >= 4 is 12.2 Å². The molecule has 1 aliphatic rings. The van der Waals surface area contributed by atoms with Gasteiger partial charge < -0.3 is 19.3 Å². The van der Waals surface area contributed by atoms with Gasteiger partial charge in [0, 0.05) is 20.1 Å². The van der Waals surface area contributed by atoms with E-state index in [9.17, 15) is 9.59 Å². The molecule has 6 heteroatoms. The Kier molecular flexibility index (Phi) is 5.60. The van der Waals surface area contributed by atoms with Crippen molar-refractivity contribution in [3.63, 3.8) is 0 Å². The summed E-state index contributed by atoms with van der Waals surface area (Å²) >= 11 is 0. The molecule has 2 amide bonds. The number of ether oxygens (including phenoxy) is 2. The molecule has 1 saturated heterocycles. The SMILES string of the molecule is CN(C(=O)OC(C)(C)C)C1(C)CCN(C(=O)OCc2ccccc2)C1. The topological polar surface area (TPSA) is 59.1 Å². The lowest BCUT2D eigenvalue weighted by molar-refractivity contribution is 0.00922. The lowest BCUT2D eigenvalue weighted by atomic mass is 10.0. The number of nitrogens with zero attached hydrogens (tertiary/aromatic N) is 2. The summed E-state index contributed by atoms with van der Waals surface area (Å²) in [6, 6.07) is 9.57. The molecule has 1 aromatic carbocycles. The number of hydrogen-bond donors (Lipinski definition) is 0. The van der Waals surface area contributed by atoms with E-state index in [1.807, 2.05) is 58.0 Å². The molecule has 0 radical (unpaired) electrons. The first-order valence-electron chi connectivity index (χ1n) is 8.53. The molecule has 1 aliphatic heterocycles. The second-order valence-electron chi connectivity index (χ2n) is 7.75. The van der Waals surface area contributed by atoms with E-state index in [0.29, 0.717) is 19.5 Å². The fourth-order valence-electron chi connectivity index (χ4n) is 2.74. The van der Waals surface area contributed by atoms with Crippen LogP contribution in [0.5, 0.6) is 0 Å². The molecule has 2 rings (SSSR count). The zero-order valence-corrected chi connectivity index (χ0v) is 15.7. The number of hydrogen-bond acceptors (Lipinski definition) is 4. The first kappa shape index (κ1) is 19.1. The van der Waals surface area contributed by atoms with E-state index in [1.54, 1.807) is 16.8 Å². The lowest BCUT2D eigenvalue weighted by Gasteiger charge is -2.36. The Morgan fingerprint density at radius 1 is 1.24 bits per heavy atom. The van der Waals surface area contributed by atoms with E-state index in [2.05, 4.69) is 0 Å². The highest BCUT2D eigenvalue weighted by molar-refractivity contribution is 5.71. The van der Waals surface area contributed by atoms with E-state index in [4.69, 9.17) is 9.47 Å². The summed E-state index contributed by atoms with van der Waals surface area (Å²) < 4.78 is 10.8. The van der Waals surface area contributed by atoms with Crippen molar-refractivity contribution in [2.75, 3.05) is 20.1 Å². The molecular formula is C19H28N2O4. The largest absolute Gasteiger partial charge is 0.445 e. The number of benzene rings is 1. The molecule has 1 heterocycles. The van der Waals surface area contributed by atoms with Gasteiger partial charge in [0.2, 0.25) is 0 Å². The maximum atomic E-state index is 12.3. The van der Waals surface area contributed by atoms with Crippen LogP contribution in [0.15, 0.2) is 30.3 Å². The maximum absolute atomic E-state index is 12.3. The minimum atomic E-state index is -0.547. The Bertz CT molecular complexity index is 612. The van der Waals surface area contributed by atoms with Crippen LogP contribution < -0.4 is 0 Å². The van der Waals surface area contributed by atoms with Crippen LogP contribution in [-0.2, 0) is 16.1 Å². The van der Waals surface area contributed by atoms with Crippen LogP contribution in [0.2, 0.25) is 0 Å². The van der Waals surface area contributed by atoms with Crippen LogP contribution in [0.4, 0.5) is 9.59 Å². The molecule has 6 nitrogen and oxygen atoms in total. The van der Waals surface area contributed by atoms with Crippen molar-refractivity contribution in [2.24, 2.45) is 0 Å². The fourth-order valence-corrected chi connectivity index (χ4v) is 2.74. The molecular weight excluding hydrogens is 320 g/mol. The fraction of sp³-hybridized carbons (Fsp3) is 0.579. The van der Waals surface area contributed by atoms with Gasteiger partial charge in [-0.2, -0.15) is 0 Å². The maximum Gasteiger partial charge on any atom is 0.410 e. The van der Waals surface area contributed by atoms with Crippen LogP contribution in [-0.4, -0.2) is 53.3 Å². The highest BCUT2D eigenvalue weighted by atomic mass is 16.6. The Morgan fingerprint density at radius 2 is 1.88 bits per heavy atom. The number of likely N-dealkylation sites (tertiary alicyclic amines) is 1. The summed E-state index contributed by atoms with van der Waals surface area (Å²) in [5.41, 5.74) is -0.0633. The molecule has 1 fully saturated rings. The molecule has 138 valence electrons. The van der Waals surface area contributed by atoms with Gasteiger partial charge in [-0.25, -0.2) is 9.59 Å².